The highest BCUT2D eigenvalue weighted by atomic mass is 16.4. The summed E-state index contributed by atoms with van der Waals surface area (Å²) in [5, 5.41) is 12.0. The van der Waals surface area contributed by atoms with E-state index < -0.39 is 5.97 Å². The van der Waals surface area contributed by atoms with Gasteiger partial charge in [0.1, 0.15) is 0 Å². The van der Waals surface area contributed by atoms with E-state index in [0.29, 0.717) is 6.42 Å². The van der Waals surface area contributed by atoms with Gasteiger partial charge in [0, 0.05) is 37.9 Å². The molecule has 1 rings (SSSR count). The van der Waals surface area contributed by atoms with E-state index in [1.54, 1.807) is 0 Å². The molecule has 100 valence electrons. The van der Waals surface area contributed by atoms with Crippen LogP contribution in [0.3, 0.4) is 0 Å². The Kier molecular flexibility index (Phi) is 5.01. The molecule has 0 radical (unpaired) electrons. The minimum Gasteiger partial charge on any atom is -0.481 e. The Balaban J connectivity index is 2.64. The molecular formula is C14H22N2O2. The van der Waals surface area contributed by atoms with E-state index in [4.69, 9.17) is 5.11 Å². The van der Waals surface area contributed by atoms with Crippen LogP contribution >= 0.6 is 0 Å². The Morgan fingerprint density at radius 1 is 1.44 bits per heavy atom. The topological polar surface area (TPSA) is 52.6 Å². The molecule has 1 aromatic carbocycles. The first-order valence-electron chi connectivity index (χ1n) is 6.16. The Hall–Kier alpha value is -1.71. The van der Waals surface area contributed by atoms with Crippen molar-refractivity contribution in [1.29, 1.82) is 0 Å². The van der Waals surface area contributed by atoms with Crippen LogP contribution < -0.4 is 10.2 Å². The van der Waals surface area contributed by atoms with Gasteiger partial charge in [0.25, 0.3) is 0 Å². The molecule has 0 fully saturated rings. The maximum absolute atomic E-state index is 10.5. The van der Waals surface area contributed by atoms with Crippen LogP contribution in [-0.2, 0) is 4.79 Å². The van der Waals surface area contributed by atoms with Crippen LogP contribution in [0.5, 0.6) is 0 Å². The van der Waals surface area contributed by atoms with E-state index in [1.807, 2.05) is 27.1 Å². The summed E-state index contributed by atoms with van der Waals surface area (Å²) in [6, 6.07) is 6.37. The van der Waals surface area contributed by atoms with E-state index in [-0.39, 0.29) is 12.5 Å². The number of nitrogens with one attached hydrogen (secondary N) is 1. The van der Waals surface area contributed by atoms with Crippen LogP contribution in [-0.4, -0.2) is 31.2 Å². The second-order valence-corrected chi connectivity index (χ2v) is 4.87. The number of carbonyl (C=O) groups is 1. The fourth-order valence-corrected chi connectivity index (χ4v) is 1.77. The van der Waals surface area contributed by atoms with Crippen LogP contribution in [0, 0.1) is 6.92 Å². The van der Waals surface area contributed by atoms with Crippen molar-refractivity contribution in [2.75, 3.05) is 24.3 Å². The first-order chi connectivity index (χ1) is 8.40. The average Bonchev–Trinajstić information content (AvgIpc) is 2.29. The highest BCUT2D eigenvalue weighted by Gasteiger charge is 2.07. The van der Waals surface area contributed by atoms with Gasteiger partial charge in [-0.3, -0.25) is 4.79 Å². The van der Waals surface area contributed by atoms with E-state index in [1.165, 1.54) is 5.56 Å². The molecule has 0 bridgehead atoms. The third kappa shape index (κ3) is 4.28. The number of carboxylic acids is 1. The molecule has 0 aliphatic rings. The lowest BCUT2D eigenvalue weighted by Crippen LogP contribution is -2.17. The lowest BCUT2D eigenvalue weighted by atomic mass is 10.1. The van der Waals surface area contributed by atoms with Crippen molar-refractivity contribution in [3.8, 4) is 0 Å². The van der Waals surface area contributed by atoms with Crippen LogP contribution in [0.1, 0.15) is 25.3 Å². The predicted octanol–water partition coefficient (Wildman–Crippen LogP) is 2.73. The Labute approximate surface area is 109 Å². The summed E-state index contributed by atoms with van der Waals surface area (Å²) in [4.78, 5) is 12.6. The second-order valence-electron chi connectivity index (χ2n) is 4.87. The van der Waals surface area contributed by atoms with Crippen molar-refractivity contribution in [1.82, 2.24) is 0 Å². The highest BCUT2D eigenvalue weighted by molar-refractivity contribution is 5.67. The van der Waals surface area contributed by atoms with Crippen molar-refractivity contribution in [3.05, 3.63) is 23.8 Å². The van der Waals surface area contributed by atoms with Gasteiger partial charge in [-0.05, 0) is 44.0 Å². The summed E-state index contributed by atoms with van der Waals surface area (Å²) in [6.07, 6.45) is 0.827. The minimum atomic E-state index is -0.747. The van der Waals surface area contributed by atoms with E-state index >= 15 is 0 Å². The van der Waals surface area contributed by atoms with Crippen LogP contribution in [0.4, 0.5) is 11.4 Å². The zero-order chi connectivity index (χ0) is 13.7. The summed E-state index contributed by atoms with van der Waals surface area (Å²) < 4.78 is 0. The van der Waals surface area contributed by atoms with Gasteiger partial charge in [0.2, 0.25) is 0 Å². The molecule has 0 aliphatic carbocycles. The van der Waals surface area contributed by atoms with Gasteiger partial charge in [-0.25, -0.2) is 0 Å². The molecule has 0 aliphatic heterocycles. The van der Waals surface area contributed by atoms with Crippen LogP contribution in [0.15, 0.2) is 18.2 Å². The van der Waals surface area contributed by atoms with Crippen molar-refractivity contribution in [2.24, 2.45) is 0 Å². The highest BCUT2D eigenvalue weighted by Crippen LogP contribution is 2.22. The standard InChI is InChI=1S/C14H22N2O2/c1-10-9-12(16(3)4)6-7-13(10)15-11(2)5-8-14(17)18/h6-7,9,11,15H,5,8H2,1-4H3,(H,17,18). The molecule has 1 unspecified atom stereocenters. The molecule has 0 amide bonds. The molecule has 1 aromatic rings. The number of hydrogen-bond donors (Lipinski definition) is 2. The predicted molar refractivity (Wildman–Crippen MR) is 75.5 cm³/mol. The van der Waals surface area contributed by atoms with Gasteiger partial charge in [0.15, 0.2) is 0 Å². The number of anilines is 2. The molecule has 4 heteroatoms. The molecule has 0 heterocycles. The number of rotatable bonds is 6. The first-order valence-corrected chi connectivity index (χ1v) is 6.16. The van der Waals surface area contributed by atoms with E-state index in [9.17, 15) is 4.79 Å². The maximum Gasteiger partial charge on any atom is 0.303 e. The van der Waals surface area contributed by atoms with Crippen LogP contribution in [0.25, 0.3) is 0 Å². The minimum absolute atomic E-state index is 0.157. The van der Waals surface area contributed by atoms with Crippen molar-refractivity contribution >= 4 is 17.3 Å². The summed E-state index contributed by atoms with van der Waals surface area (Å²) >= 11 is 0. The van der Waals surface area contributed by atoms with Gasteiger partial charge in [-0.2, -0.15) is 0 Å². The number of aryl methyl sites for hydroxylation is 1. The van der Waals surface area contributed by atoms with Gasteiger partial charge in [-0.15, -0.1) is 0 Å². The average molecular weight is 250 g/mol. The lowest BCUT2D eigenvalue weighted by molar-refractivity contribution is -0.137. The summed E-state index contributed by atoms with van der Waals surface area (Å²) in [6.45, 7) is 4.06. The molecule has 0 saturated heterocycles. The fourth-order valence-electron chi connectivity index (χ4n) is 1.77. The number of carboxylic acid groups (broad SMARTS) is 1. The Bertz CT molecular complexity index is 416. The van der Waals surface area contributed by atoms with E-state index in [0.717, 1.165) is 11.4 Å². The fraction of sp³-hybridized carbons (Fsp3) is 0.500. The zero-order valence-corrected chi connectivity index (χ0v) is 11.5. The maximum atomic E-state index is 10.5. The Morgan fingerprint density at radius 2 is 2.11 bits per heavy atom. The molecule has 1 atom stereocenters. The van der Waals surface area contributed by atoms with Gasteiger partial charge in [-0.1, -0.05) is 0 Å². The summed E-state index contributed by atoms with van der Waals surface area (Å²) in [5.74, 6) is -0.747. The van der Waals surface area contributed by atoms with Crippen molar-refractivity contribution < 1.29 is 9.90 Å². The number of hydrogen-bond acceptors (Lipinski definition) is 3. The number of nitrogens with zero attached hydrogens (tertiary/aromatic N) is 1. The smallest absolute Gasteiger partial charge is 0.303 e. The number of benzene rings is 1. The van der Waals surface area contributed by atoms with Crippen LogP contribution in [0.2, 0.25) is 0 Å². The number of aliphatic carboxylic acids is 1. The molecule has 2 N–H and O–H groups in total. The van der Waals surface area contributed by atoms with Gasteiger partial charge >= 0.3 is 5.97 Å². The molecule has 4 nitrogen and oxygen atoms in total. The van der Waals surface area contributed by atoms with E-state index in [2.05, 4.69) is 29.3 Å². The summed E-state index contributed by atoms with van der Waals surface area (Å²) in [7, 11) is 4.02. The SMILES string of the molecule is Cc1cc(N(C)C)ccc1NC(C)CCC(=O)O. The zero-order valence-electron chi connectivity index (χ0n) is 11.5. The molecular weight excluding hydrogens is 228 g/mol. The lowest BCUT2D eigenvalue weighted by Gasteiger charge is -2.19. The first kappa shape index (κ1) is 14.4. The summed E-state index contributed by atoms with van der Waals surface area (Å²) in [5.41, 5.74) is 3.40. The van der Waals surface area contributed by atoms with Crippen molar-refractivity contribution in [3.63, 3.8) is 0 Å². The normalized spacial score (nSPS) is 12.0. The monoisotopic (exact) mass is 250 g/mol. The molecule has 18 heavy (non-hydrogen) atoms. The van der Waals surface area contributed by atoms with Gasteiger partial charge in [0.05, 0.1) is 0 Å². The molecule has 0 spiro atoms. The second kappa shape index (κ2) is 6.28. The largest absolute Gasteiger partial charge is 0.481 e. The van der Waals surface area contributed by atoms with Crippen molar-refractivity contribution in [2.45, 2.75) is 32.7 Å². The third-order valence-electron chi connectivity index (χ3n) is 2.92. The molecule has 0 aromatic heterocycles. The van der Waals surface area contributed by atoms with Gasteiger partial charge < -0.3 is 15.3 Å². The Morgan fingerprint density at radius 3 is 2.61 bits per heavy atom. The molecule has 0 saturated carbocycles. The third-order valence-corrected chi connectivity index (χ3v) is 2.92. The quantitative estimate of drug-likeness (QED) is 0.815.